The molecule has 1 N–H and O–H groups in total. The third kappa shape index (κ3) is 3.02. The van der Waals surface area contributed by atoms with E-state index in [0.717, 1.165) is 11.3 Å². The molecule has 8 heteroatoms. The molecule has 1 aromatic heterocycles. The van der Waals surface area contributed by atoms with Crippen molar-refractivity contribution in [2.75, 3.05) is 5.32 Å². The van der Waals surface area contributed by atoms with Crippen LogP contribution in [0.25, 0.3) is 0 Å². The number of thiophene rings is 1. The maximum atomic E-state index is 13.3. The topological polar surface area (TPSA) is 55.2 Å². The van der Waals surface area contributed by atoms with E-state index in [0.29, 0.717) is 17.7 Å². The van der Waals surface area contributed by atoms with E-state index in [9.17, 15) is 23.3 Å². The van der Waals surface area contributed by atoms with E-state index in [2.05, 4.69) is 5.32 Å². The van der Waals surface area contributed by atoms with Gasteiger partial charge in [0.1, 0.15) is 5.82 Å². The molecule has 2 rings (SSSR count). The van der Waals surface area contributed by atoms with Crippen LogP contribution in [0.15, 0.2) is 23.6 Å². The van der Waals surface area contributed by atoms with Crippen LogP contribution >= 0.6 is 11.3 Å². The van der Waals surface area contributed by atoms with Crippen LogP contribution in [0.4, 0.5) is 23.9 Å². The van der Waals surface area contributed by atoms with Gasteiger partial charge in [0, 0.05) is 30.1 Å². The molecule has 0 aliphatic heterocycles. The Balaban J connectivity index is 2.09. The van der Waals surface area contributed by atoms with E-state index >= 15 is 0 Å². The summed E-state index contributed by atoms with van der Waals surface area (Å²) in [5, 5.41) is 14.5. The molecular weight excluding hydrogens is 281 g/mol. The minimum Gasteiger partial charge on any atom is -0.378 e. The predicted octanol–water partition coefficient (Wildman–Crippen LogP) is 3.69. The summed E-state index contributed by atoms with van der Waals surface area (Å²) in [6.45, 7) is 0.0757. The third-order valence-electron chi connectivity index (χ3n) is 2.31. The summed E-state index contributed by atoms with van der Waals surface area (Å²) in [7, 11) is 0. The number of hydrogen-bond donors (Lipinski definition) is 1. The molecule has 0 saturated heterocycles. The minimum absolute atomic E-state index is 0.0393. The molecule has 0 amide bonds. The highest BCUT2D eigenvalue weighted by atomic mass is 32.1. The predicted molar refractivity (Wildman–Crippen MR) is 64.6 cm³/mol. The Morgan fingerprint density at radius 3 is 2.47 bits per heavy atom. The Labute approximate surface area is 109 Å². The molecule has 19 heavy (non-hydrogen) atoms. The summed E-state index contributed by atoms with van der Waals surface area (Å²) >= 11 is 0.936. The summed E-state index contributed by atoms with van der Waals surface area (Å²) in [6.07, 6.45) is 0. The fourth-order valence-corrected chi connectivity index (χ4v) is 2.14. The molecule has 1 aromatic carbocycles. The largest absolute Gasteiger partial charge is 0.378 e. The number of anilines is 1. The quantitative estimate of drug-likeness (QED) is 0.530. The Kier molecular flexibility index (Phi) is 3.70. The number of hydrogen-bond acceptors (Lipinski definition) is 4. The van der Waals surface area contributed by atoms with Gasteiger partial charge in [0.15, 0.2) is 11.6 Å². The maximum absolute atomic E-state index is 13.3. The van der Waals surface area contributed by atoms with Gasteiger partial charge in [0.2, 0.25) is 0 Å². The van der Waals surface area contributed by atoms with E-state index in [4.69, 9.17) is 0 Å². The number of benzene rings is 1. The first-order valence-electron chi connectivity index (χ1n) is 5.07. The van der Waals surface area contributed by atoms with Crippen molar-refractivity contribution in [1.29, 1.82) is 0 Å². The zero-order valence-corrected chi connectivity index (χ0v) is 10.1. The van der Waals surface area contributed by atoms with Crippen molar-refractivity contribution in [3.05, 3.63) is 56.7 Å². The molecule has 0 radical (unpaired) electrons. The van der Waals surface area contributed by atoms with Gasteiger partial charge in [-0.3, -0.25) is 10.1 Å². The van der Waals surface area contributed by atoms with Crippen LogP contribution in [0, 0.1) is 27.6 Å². The van der Waals surface area contributed by atoms with Crippen LogP contribution in [0.5, 0.6) is 0 Å². The van der Waals surface area contributed by atoms with Gasteiger partial charge >= 0.3 is 5.00 Å². The van der Waals surface area contributed by atoms with Gasteiger partial charge in [0.05, 0.1) is 10.6 Å². The van der Waals surface area contributed by atoms with E-state index in [1.807, 2.05) is 0 Å². The Bertz CT molecular complexity index is 630. The van der Waals surface area contributed by atoms with Crippen molar-refractivity contribution in [3.63, 3.8) is 0 Å². The first-order chi connectivity index (χ1) is 8.97. The SMILES string of the molecule is O=[N+]([O-])c1cc(CNc2cc(F)c(F)cc2F)cs1. The molecule has 1 heterocycles. The molecule has 2 aromatic rings. The zero-order chi connectivity index (χ0) is 14.0. The van der Waals surface area contributed by atoms with Crippen LogP contribution in [-0.2, 0) is 6.54 Å². The summed E-state index contributed by atoms with van der Waals surface area (Å²) in [6, 6.07) is 2.47. The summed E-state index contributed by atoms with van der Waals surface area (Å²) < 4.78 is 38.9. The average molecular weight is 288 g/mol. The second kappa shape index (κ2) is 5.27. The Hall–Kier alpha value is -2.09. The first kappa shape index (κ1) is 13.3. The van der Waals surface area contributed by atoms with Crippen molar-refractivity contribution >= 4 is 22.0 Å². The molecule has 0 unspecified atom stereocenters. The normalized spacial score (nSPS) is 10.5. The molecule has 0 spiro atoms. The molecule has 0 bridgehead atoms. The van der Waals surface area contributed by atoms with Gasteiger partial charge in [-0.2, -0.15) is 0 Å². The highest BCUT2D eigenvalue weighted by Gasteiger charge is 2.12. The van der Waals surface area contributed by atoms with Gasteiger partial charge < -0.3 is 5.32 Å². The molecule has 0 aliphatic carbocycles. The fourth-order valence-electron chi connectivity index (χ4n) is 1.41. The van der Waals surface area contributed by atoms with Crippen molar-refractivity contribution < 1.29 is 18.1 Å². The number of nitrogens with zero attached hydrogens (tertiary/aromatic N) is 1. The summed E-state index contributed by atoms with van der Waals surface area (Å²) in [4.78, 5) is 9.93. The van der Waals surface area contributed by atoms with Gasteiger partial charge in [0.25, 0.3) is 0 Å². The first-order valence-corrected chi connectivity index (χ1v) is 5.95. The lowest BCUT2D eigenvalue weighted by Gasteiger charge is -2.06. The second-order valence-electron chi connectivity index (χ2n) is 3.65. The number of rotatable bonds is 4. The molecule has 0 atom stereocenters. The van der Waals surface area contributed by atoms with Gasteiger partial charge in [-0.05, 0) is 5.56 Å². The van der Waals surface area contributed by atoms with Crippen molar-refractivity contribution in [1.82, 2.24) is 0 Å². The molecule has 100 valence electrons. The van der Waals surface area contributed by atoms with E-state index in [1.165, 1.54) is 11.4 Å². The highest BCUT2D eigenvalue weighted by molar-refractivity contribution is 7.13. The zero-order valence-electron chi connectivity index (χ0n) is 9.32. The minimum atomic E-state index is -1.27. The van der Waals surface area contributed by atoms with Crippen LogP contribution in [-0.4, -0.2) is 4.92 Å². The van der Waals surface area contributed by atoms with Crippen LogP contribution < -0.4 is 5.32 Å². The maximum Gasteiger partial charge on any atom is 0.324 e. The van der Waals surface area contributed by atoms with Crippen LogP contribution in [0.1, 0.15) is 5.56 Å². The van der Waals surface area contributed by atoms with Gasteiger partial charge in [-0.15, -0.1) is 0 Å². The van der Waals surface area contributed by atoms with E-state index in [1.54, 1.807) is 0 Å². The standard InChI is InChI=1S/C11H7F3N2O2S/c12-7-2-9(14)10(3-8(7)13)15-4-6-1-11(16(17)18)19-5-6/h1-3,5,15H,4H2. The summed E-state index contributed by atoms with van der Waals surface area (Å²) in [5.74, 6) is -3.36. The molecule has 0 fully saturated rings. The van der Waals surface area contributed by atoms with Crippen molar-refractivity contribution in [3.8, 4) is 0 Å². The number of nitrogens with one attached hydrogen (secondary N) is 1. The highest BCUT2D eigenvalue weighted by Crippen LogP contribution is 2.24. The molecular formula is C11H7F3N2O2S. The van der Waals surface area contributed by atoms with E-state index in [-0.39, 0.29) is 17.2 Å². The number of nitro groups is 1. The lowest BCUT2D eigenvalue weighted by molar-refractivity contribution is -0.380. The second-order valence-corrected chi connectivity index (χ2v) is 4.54. The monoisotopic (exact) mass is 288 g/mol. The lowest BCUT2D eigenvalue weighted by Crippen LogP contribution is -2.02. The Morgan fingerprint density at radius 2 is 1.84 bits per heavy atom. The van der Waals surface area contributed by atoms with Crippen molar-refractivity contribution in [2.24, 2.45) is 0 Å². The molecule has 0 saturated carbocycles. The smallest absolute Gasteiger partial charge is 0.324 e. The summed E-state index contributed by atoms with van der Waals surface area (Å²) in [5.41, 5.74) is 0.355. The van der Waals surface area contributed by atoms with Crippen LogP contribution in [0.2, 0.25) is 0 Å². The van der Waals surface area contributed by atoms with E-state index < -0.39 is 22.4 Å². The Morgan fingerprint density at radius 1 is 1.16 bits per heavy atom. The molecule has 0 aliphatic rings. The van der Waals surface area contributed by atoms with Crippen molar-refractivity contribution in [2.45, 2.75) is 6.54 Å². The van der Waals surface area contributed by atoms with Crippen LogP contribution in [0.3, 0.4) is 0 Å². The molecule has 4 nitrogen and oxygen atoms in total. The lowest BCUT2D eigenvalue weighted by atomic mass is 10.2. The fraction of sp³-hybridized carbons (Fsp3) is 0.0909. The third-order valence-corrected chi connectivity index (χ3v) is 3.24. The average Bonchev–Trinajstić information content (AvgIpc) is 2.81. The van der Waals surface area contributed by atoms with Gasteiger partial charge in [-0.1, -0.05) is 11.3 Å². The number of halogens is 3. The van der Waals surface area contributed by atoms with Gasteiger partial charge in [-0.25, -0.2) is 13.2 Å².